The number of hydrogen-bond donors (Lipinski definition) is 0. The van der Waals surface area contributed by atoms with Crippen LogP contribution in [0.4, 0.5) is 5.82 Å². The Bertz CT molecular complexity index is 1170. The van der Waals surface area contributed by atoms with Gasteiger partial charge in [0.25, 0.3) is 5.91 Å². The molecule has 1 saturated heterocycles. The first-order valence-corrected chi connectivity index (χ1v) is 10.7. The fraction of sp³-hybridized carbons (Fsp3) is 0.200. The largest absolute Gasteiger partial charge is 0.353 e. The fourth-order valence-electron chi connectivity index (χ4n) is 4.00. The van der Waals surface area contributed by atoms with Gasteiger partial charge in [0.05, 0.1) is 12.1 Å². The maximum Gasteiger partial charge on any atom is 0.257 e. The van der Waals surface area contributed by atoms with Crippen molar-refractivity contribution in [1.29, 1.82) is 0 Å². The molecule has 160 valence electrons. The quantitative estimate of drug-likeness (QED) is 0.492. The summed E-state index contributed by atoms with van der Waals surface area (Å²) in [5.41, 5.74) is 3.26. The number of amides is 1. The molecule has 1 aliphatic rings. The van der Waals surface area contributed by atoms with Crippen LogP contribution < -0.4 is 4.90 Å². The summed E-state index contributed by atoms with van der Waals surface area (Å²) in [4.78, 5) is 26.3. The van der Waals surface area contributed by atoms with Crippen LogP contribution in [0.3, 0.4) is 0 Å². The normalized spacial score (nSPS) is 13.9. The van der Waals surface area contributed by atoms with E-state index in [4.69, 9.17) is 5.10 Å². The first kappa shape index (κ1) is 19.9. The Morgan fingerprint density at radius 1 is 0.875 bits per heavy atom. The summed E-state index contributed by atoms with van der Waals surface area (Å²) in [6.07, 6.45) is 7.14. The van der Waals surface area contributed by atoms with Crippen molar-refractivity contribution in [2.45, 2.75) is 6.54 Å². The molecular weight excluding hydrogens is 400 g/mol. The molecule has 5 rings (SSSR count). The molecule has 1 amide bonds. The van der Waals surface area contributed by atoms with Crippen LogP contribution in [-0.4, -0.2) is 56.7 Å². The van der Waals surface area contributed by atoms with E-state index < -0.39 is 0 Å². The number of rotatable bonds is 5. The van der Waals surface area contributed by atoms with Gasteiger partial charge in [-0.1, -0.05) is 36.4 Å². The molecule has 7 nitrogen and oxygen atoms in total. The molecule has 0 aliphatic carbocycles. The Kier molecular flexibility index (Phi) is 5.61. The number of pyridine rings is 2. The molecule has 7 heteroatoms. The van der Waals surface area contributed by atoms with Crippen LogP contribution in [-0.2, 0) is 6.54 Å². The standard InChI is InChI=1S/C25H24N6O/c32-25(30-15-13-29(14-16-30)23-10-4-5-12-27-23)22-19-31(18-20-7-2-1-3-8-20)28-24(22)21-9-6-11-26-17-21/h1-12,17,19H,13-16,18H2. The maximum absolute atomic E-state index is 13.5. The van der Waals surface area contributed by atoms with Crippen LogP contribution in [0.5, 0.6) is 0 Å². The molecule has 0 radical (unpaired) electrons. The summed E-state index contributed by atoms with van der Waals surface area (Å²) in [7, 11) is 0. The van der Waals surface area contributed by atoms with E-state index in [9.17, 15) is 4.79 Å². The molecule has 1 fully saturated rings. The lowest BCUT2D eigenvalue weighted by molar-refractivity contribution is 0.0747. The molecule has 3 aromatic heterocycles. The van der Waals surface area contributed by atoms with Crippen molar-refractivity contribution >= 4 is 11.7 Å². The zero-order valence-corrected chi connectivity index (χ0v) is 17.7. The number of anilines is 1. The van der Waals surface area contributed by atoms with Crippen LogP contribution in [0.2, 0.25) is 0 Å². The molecule has 4 aromatic rings. The molecule has 0 bridgehead atoms. The molecule has 0 unspecified atom stereocenters. The lowest BCUT2D eigenvalue weighted by Gasteiger charge is -2.35. The van der Waals surface area contributed by atoms with Gasteiger partial charge in [-0.25, -0.2) is 4.98 Å². The summed E-state index contributed by atoms with van der Waals surface area (Å²) in [6.45, 7) is 3.40. The van der Waals surface area contributed by atoms with Crippen molar-refractivity contribution in [2.24, 2.45) is 0 Å². The first-order valence-electron chi connectivity index (χ1n) is 10.7. The van der Waals surface area contributed by atoms with E-state index in [0.29, 0.717) is 30.9 Å². The summed E-state index contributed by atoms with van der Waals surface area (Å²) in [5, 5.41) is 4.76. The van der Waals surface area contributed by atoms with Crippen LogP contribution in [0.25, 0.3) is 11.3 Å². The molecule has 0 saturated carbocycles. The van der Waals surface area contributed by atoms with Gasteiger partial charge in [-0.05, 0) is 29.8 Å². The Balaban J connectivity index is 1.38. The van der Waals surface area contributed by atoms with Crippen molar-refractivity contribution in [3.8, 4) is 11.3 Å². The molecular formula is C25H24N6O. The minimum absolute atomic E-state index is 0.00355. The van der Waals surface area contributed by atoms with E-state index in [2.05, 4.69) is 27.0 Å². The first-order chi connectivity index (χ1) is 15.8. The fourth-order valence-corrected chi connectivity index (χ4v) is 4.00. The number of hydrogen-bond acceptors (Lipinski definition) is 5. The van der Waals surface area contributed by atoms with Crippen molar-refractivity contribution in [3.05, 3.63) is 96.6 Å². The molecule has 0 spiro atoms. The lowest BCUT2D eigenvalue weighted by Crippen LogP contribution is -2.49. The zero-order valence-electron chi connectivity index (χ0n) is 17.7. The Hall–Kier alpha value is -4.00. The average molecular weight is 425 g/mol. The van der Waals surface area contributed by atoms with Gasteiger partial charge >= 0.3 is 0 Å². The van der Waals surface area contributed by atoms with Crippen LogP contribution in [0.1, 0.15) is 15.9 Å². The van der Waals surface area contributed by atoms with Crippen molar-refractivity contribution in [3.63, 3.8) is 0 Å². The highest BCUT2D eigenvalue weighted by Crippen LogP contribution is 2.24. The van der Waals surface area contributed by atoms with E-state index in [1.807, 2.05) is 64.3 Å². The second kappa shape index (κ2) is 9.01. The van der Waals surface area contributed by atoms with E-state index in [1.54, 1.807) is 18.6 Å². The third-order valence-electron chi connectivity index (χ3n) is 5.65. The average Bonchev–Trinajstić information content (AvgIpc) is 3.29. The number of carbonyl (C=O) groups is 1. The number of carbonyl (C=O) groups excluding carboxylic acids is 1. The van der Waals surface area contributed by atoms with Crippen molar-refractivity contribution in [2.75, 3.05) is 31.1 Å². The second-order valence-electron chi connectivity index (χ2n) is 7.78. The minimum atomic E-state index is 0.00355. The third-order valence-corrected chi connectivity index (χ3v) is 5.65. The second-order valence-corrected chi connectivity index (χ2v) is 7.78. The maximum atomic E-state index is 13.5. The SMILES string of the molecule is O=C(c1cn(Cc2ccccc2)nc1-c1cccnc1)N1CCN(c2ccccn2)CC1. The monoisotopic (exact) mass is 424 g/mol. The van der Waals surface area contributed by atoms with Gasteiger partial charge in [-0.15, -0.1) is 0 Å². The van der Waals surface area contributed by atoms with Crippen LogP contribution in [0, 0.1) is 0 Å². The van der Waals surface area contributed by atoms with Gasteiger partial charge in [-0.3, -0.25) is 14.5 Å². The predicted octanol–water partition coefficient (Wildman–Crippen LogP) is 3.35. The van der Waals surface area contributed by atoms with Crippen LogP contribution >= 0.6 is 0 Å². The lowest BCUT2D eigenvalue weighted by atomic mass is 10.1. The molecule has 0 N–H and O–H groups in total. The van der Waals surface area contributed by atoms with Gasteiger partial charge in [0.2, 0.25) is 0 Å². The Morgan fingerprint density at radius 2 is 1.69 bits per heavy atom. The third kappa shape index (κ3) is 4.23. The molecule has 4 heterocycles. The van der Waals surface area contributed by atoms with Gasteiger partial charge in [0.15, 0.2) is 0 Å². The number of aromatic nitrogens is 4. The highest BCUT2D eigenvalue weighted by Gasteiger charge is 2.27. The topological polar surface area (TPSA) is 67.2 Å². The van der Waals surface area contributed by atoms with E-state index in [0.717, 1.165) is 30.0 Å². The molecule has 32 heavy (non-hydrogen) atoms. The van der Waals surface area contributed by atoms with Crippen molar-refractivity contribution < 1.29 is 4.79 Å². The van der Waals surface area contributed by atoms with Gasteiger partial charge in [0.1, 0.15) is 11.5 Å². The molecule has 1 aromatic carbocycles. The van der Waals surface area contributed by atoms with Crippen LogP contribution in [0.15, 0.2) is 85.5 Å². The van der Waals surface area contributed by atoms with Gasteiger partial charge in [-0.2, -0.15) is 5.10 Å². The summed E-state index contributed by atoms with van der Waals surface area (Å²) in [6, 6.07) is 19.8. The summed E-state index contributed by atoms with van der Waals surface area (Å²) >= 11 is 0. The smallest absolute Gasteiger partial charge is 0.257 e. The number of piperazine rings is 1. The molecule has 1 aliphatic heterocycles. The Morgan fingerprint density at radius 3 is 2.41 bits per heavy atom. The predicted molar refractivity (Wildman–Crippen MR) is 123 cm³/mol. The van der Waals surface area contributed by atoms with Gasteiger partial charge < -0.3 is 9.80 Å². The minimum Gasteiger partial charge on any atom is -0.353 e. The highest BCUT2D eigenvalue weighted by molar-refractivity contribution is 5.99. The zero-order chi connectivity index (χ0) is 21.8. The molecule has 0 atom stereocenters. The van der Waals surface area contributed by atoms with E-state index in [1.165, 1.54) is 0 Å². The van der Waals surface area contributed by atoms with Crippen molar-refractivity contribution in [1.82, 2.24) is 24.6 Å². The Labute approximate surface area is 187 Å². The summed E-state index contributed by atoms with van der Waals surface area (Å²) < 4.78 is 1.84. The number of nitrogens with zero attached hydrogens (tertiary/aromatic N) is 6. The number of benzene rings is 1. The van der Waals surface area contributed by atoms with E-state index in [-0.39, 0.29) is 5.91 Å². The van der Waals surface area contributed by atoms with Gasteiger partial charge in [0, 0.05) is 56.5 Å². The highest BCUT2D eigenvalue weighted by atomic mass is 16.2. The summed E-state index contributed by atoms with van der Waals surface area (Å²) in [5.74, 6) is 0.954. The van der Waals surface area contributed by atoms with E-state index >= 15 is 0 Å².